The van der Waals surface area contributed by atoms with Crippen molar-refractivity contribution in [2.45, 2.75) is 19.5 Å². The van der Waals surface area contributed by atoms with Crippen molar-refractivity contribution in [3.05, 3.63) is 89.6 Å². The van der Waals surface area contributed by atoms with Crippen LogP contribution in [0.25, 0.3) is 0 Å². The molecule has 0 aliphatic carbocycles. The molecule has 1 fully saturated rings. The van der Waals surface area contributed by atoms with Gasteiger partial charge in [-0.25, -0.2) is 4.98 Å². The normalized spacial score (nSPS) is 16.2. The van der Waals surface area contributed by atoms with Gasteiger partial charge in [-0.3, -0.25) is 9.80 Å². The zero-order valence-corrected chi connectivity index (χ0v) is 15.2. The Labute approximate surface area is 155 Å². The second-order valence-electron chi connectivity index (χ2n) is 6.89. The molecule has 4 nitrogen and oxygen atoms in total. The van der Waals surface area contributed by atoms with Crippen molar-refractivity contribution in [3.8, 4) is 0 Å². The number of nitrogens with zero attached hydrogens (tertiary/aromatic N) is 3. The molecule has 2 aromatic carbocycles. The van der Waals surface area contributed by atoms with E-state index >= 15 is 0 Å². The van der Waals surface area contributed by atoms with Crippen molar-refractivity contribution in [1.82, 2.24) is 14.8 Å². The fraction of sp³-hybridized carbons (Fsp3) is 0.318. The summed E-state index contributed by atoms with van der Waals surface area (Å²) in [6.07, 6.45) is 1.78. The van der Waals surface area contributed by atoms with Crippen LogP contribution in [-0.2, 0) is 6.54 Å². The van der Waals surface area contributed by atoms with Gasteiger partial charge in [-0.05, 0) is 11.1 Å². The van der Waals surface area contributed by atoms with Crippen LogP contribution in [0, 0.1) is 6.92 Å². The SMILES string of the molecule is Cc1nc(CN2CCN(C(c3ccccc3)c3ccccc3)CC2)co1. The number of hydrogen-bond donors (Lipinski definition) is 0. The first-order chi connectivity index (χ1) is 12.8. The minimum absolute atomic E-state index is 0.314. The zero-order valence-electron chi connectivity index (χ0n) is 15.2. The quantitative estimate of drug-likeness (QED) is 0.701. The zero-order chi connectivity index (χ0) is 17.8. The molecule has 1 aromatic heterocycles. The van der Waals surface area contributed by atoms with Crippen LogP contribution >= 0.6 is 0 Å². The maximum Gasteiger partial charge on any atom is 0.191 e. The highest BCUT2D eigenvalue weighted by molar-refractivity contribution is 5.31. The third-order valence-electron chi connectivity index (χ3n) is 5.05. The molecular weight excluding hydrogens is 322 g/mol. The summed E-state index contributed by atoms with van der Waals surface area (Å²) in [4.78, 5) is 9.48. The molecule has 4 rings (SSSR count). The van der Waals surface area contributed by atoms with Crippen molar-refractivity contribution < 1.29 is 4.42 Å². The first-order valence-corrected chi connectivity index (χ1v) is 9.27. The Morgan fingerprint density at radius 2 is 1.46 bits per heavy atom. The summed E-state index contributed by atoms with van der Waals surface area (Å²) in [6.45, 7) is 6.94. The van der Waals surface area contributed by atoms with Gasteiger partial charge in [0.15, 0.2) is 5.89 Å². The lowest BCUT2D eigenvalue weighted by atomic mass is 9.96. The summed E-state index contributed by atoms with van der Waals surface area (Å²) in [6, 6.07) is 22.0. The predicted molar refractivity (Wildman–Crippen MR) is 103 cm³/mol. The van der Waals surface area contributed by atoms with Gasteiger partial charge in [0.2, 0.25) is 0 Å². The van der Waals surface area contributed by atoms with Gasteiger partial charge in [0.1, 0.15) is 6.26 Å². The molecule has 0 radical (unpaired) electrons. The van der Waals surface area contributed by atoms with Gasteiger partial charge in [0, 0.05) is 39.6 Å². The molecule has 4 heteroatoms. The fourth-order valence-electron chi connectivity index (χ4n) is 3.77. The van der Waals surface area contributed by atoms with Crippen molar-refractivity contribution in [3.63, 3.8) is 0 Å². The average molecular weight is 347 g/mol. The number of piperazine rings is 1. The topological polar surface area (TPSA) is 32.5 Å². The van der Waals surface area contributed by atoms with Gasteiger partial charge >= 0.3 is 0 Å². The van der Waals surface area contributed by atoms with E-state index in [4.69, 9.17) is 4.42 Å². The Balaban J connectivity index is 1.48. The van der Waals surface area contributed by atoms with E-state index in [1.54, 1.807) is 6.26 Å². The van der Waals surface area contributed by atoms with E-state index < -0.39 is 0 Å². The number of aromatic nitrogens is 1. The molecule has 0 unspecified atom stereocenters. The second-order valence-corrected chi connectivity index (χ2v) is 6.89. The van der Waals surface area contributed by atoms with Crippen molar-refractivity contribution in [2.75, 3.05) is 26.2 Å². The van der Waals surface area contributed by atoms with Gasteiger partial charge in [-0.15, -0.1) is 0 Å². The number of oxazole rings is 1. The van der Waals surface area contributed by atoms with Crippen molar-refractivity contribution in [1.29, 1.82) is 0 Å². The monoisotopic (exact) mass is 347 g/mol. The van der Waals surface area contributed by atoms with Crippen LogP contribution in [0.2, 0.25) is 0 Å². The molecule has 1 aliphatic heterocycles. The van der Waals surface area contributed by atoms with E-state index in [9.17, 15) is 0 Å². The van der Waals surface area contributed by atoms with E-state index in [1.807, 2.05) is 6.92 Å². The number of aryl methyl sites for hydroxylation is 1. The average Bonchev–Trinajstić information content (AvgIpc) is 3.10. The summed E-state index contributed by atoms with van der Waals surface area (Å²) in [5.41, 5.74) is 3.75. The van der Waals surface area contributed by atoms with Gasteiger partial charge in [0.05, 0.1) is 11.7 Å². The largest absolute Gasteiger partial charge is 0.449 e. The summed E-state index contributed by atoms with van der Waals surface area (Å²) in [5.74, 6) is 0.742. The Hall–Kier alpha value is -2.43. The van der Waals surface area contributed by atoms with Crippen LogP contribution in [0.5, 0.6) is 0 Å². The van der Waals surface area contributed by atoms with Gasteiger partial charge in [-0.1, -0.05) is 60.7 Å². The number of benzene rings is 2. The lowest BCUT2D eigenvalue weighted by Crippen LogP contribution is -2.47. The van der Waals surface area contributed by atoms with Crippen LogP contribution in [-0.4, -0.2) is 41.0 Å². The highest BCUT2D eigenvalue weighted by Gasteiger charge is 2.26. The standard InChI is InChI=1S/C22H25N3O/c1-18-23-21(17-26-18)16-24-12-14-25(15-13-24)22(19-8-4-2-5-9-19)20-10-6-3-7-11-20/h2-11,17,22H,12-16H2,1H3. The molecule has 134 valence electrons. The Morgan fingerprint density at radius 1 is 0.885 bits per heavy atom. The van der Waals surface area contributed by atoms with E-state index in [-0.39, 0.29) is 0 Å². The molecule has 0 saturated carbocycles. The molecule has 1 aliphatic rings. The van der Waals surface area contributed by atoms with E-state index in [1.165, 1.54) is 11.1 Å². The molecule has 0 N–H and O–H groups in total. The molecule has 0 amide bonds. The fourth-order valence-corrected chi connectivity index (χ4v) is 3.77. The van der Waals surface area contributed by atoms with Crippen LogP contribution < -0.4 is 0 Å². The first kappa shape index (κ1) is 17.0. The third kappa shape index (κ3) is 3.87. The minimum atomic E-state index is 0.314. The molecule has 1 saturated heterocycles. The molecule has 3 aromatic rings. The molecule has 0 atom stereocenters. The highest BCUT2D eigenvalue weighted by Crippen LogP contribution is 2.29. The van der Waals surface area contributed by atoms with Crippen LogP contribution in [0.3, 0.4) is 0 Å². The summed E-state index contributed by atoms with van der Waals surface area (Å²) >= 11 is 0. The smallest absolute Gasteiger partial charge is 0.191 e. The Bertz CT molecular complexity index is 768. The highest BCUT2D eigenvalue weighted by atomic mass is 16.3. The van der Waals surface area contributed by atoms with Gasteiger partial charge < -0.3 is 4.42 Å². The second kappa shape index (κ2) is 7.85. The van der Waals surface area contributed by atoms with Gasteiger partial charge in [0.25, 0.3) is 0 Å². The molecule has 26 heavy (non-hydrogen) atoms. The Morgan fingerprint density at radius 3 is 1.96 bits per heavy atom. The van der Waals surface area contributed by atoms with E-state index in [0.717, 1.165) is 44.3 Å². The maximum atomic E-state index is 5.33. The number of hydrogen-bond acceptors (Lipinski definition) is 4. The first-order valence-electron chi connectivity index (χ1n) is 9.27. The summed E-state index contributed by atoms with van der Waals surface area (Å²) < 4.78 is 5.33. The molecule has 0 bridgehead atoms. The third-order valence-corrected chi connectivity index (χ3v) is 5.05. The maximum absolute atomic E-state index is 5.33. The van der Waals surface area contributed by atoms with Crippen molar-refractivity contribution >= 4 is 0 Å². The summed E-state index contributed by atoms with van der Waals surface area (Å²) in [7, 11) is 0. The molecular formula is C22H25N3O. The van der Waals surface area contributed by atoms with E-state index in [0.29, 0.717) is 6.04 Å². The lowest BCUT2D eigenvalue weighted by molar-refractivity contribution is 0.104. The van der Waals surface area contributed by atoms with Crippen LogP contribution in [0.1, 0.15) is 28.8 Å². The lowest BCUT2D eigenvalue weighted by Gasteiger charge is -2.39. The summed E-state index contributed by atoms with van der Waals surface area (Å²) in [5, 5.41) is 0. The van der Waals surface area contributed by atoms with Crippen LogP contribution in [0.4, 0.5) is 0 Å². The minimum Gasteiger partial charge on any atom is -0.449 e. The molecule has 0 spiro atoms. The Kier molecular flexibility index (Phi) is 5.14. The number of rotatable bonds is 5. The van der Waals surface area contributed by atoms with E-state index in [2.05, 4.69) is 75.4 Å². The molecule has 2 heterocycles. The van der Waals surface area contributed by atoms with Crippen LogP contribution in [0.15, 0.2) is 71.3 Å². The van der Waals surface area contributed by atoms with Crippen molar-refractivity contribution in [2.24, 2.45) is 0 Å². The predicted octanol–water partition coefficient (Wildman–Crippen LogP) is 3.89. The van der Waals surface area contributed by atoms with Gasteiger partial charge in [-0.2, -0.15) is 0 Å².